The van der Waals surface area contributed by atoms with E-state index in [1.807, 2.05) is 24.4 Å². The van der Waals surface area contributed by atoms with E-state index >= 15 is 0 Å². The normalized spacial score (nSPS) is 18.6. The van der Waals surface area contributed by atoms with E-state index in [4.69, 9.17) is 9.84 Å². The van der Waals surface area contributed by atoms with Gasteiger partial charge in [0.05, 0.1) is 18.3 Å². The molecule has 29 heavy (non-hydrogen) atoms. The predicted octanol–water partition coefficient (Wildman–Crippen LogP) is 2.37. The van der Waals surface area contributed by atoms with Crippen LogP contribution >= 0.6 is 0 Å². The number of aliphatic hydroxyl groups is 2. The van der Waals surface area contributed by atoms with Crippen molar-refractivity contribution >= 4 is 16.6 Å². The third-order valence-corrected chi connectivity index (χ3v) is 5.27. The molecule has 154 valence electrons. The molecule has 2 atom stereocenters. The van der Waals surface area contributed by atoms with Gasteiger partial charge in [-0.05, 0) is 55.3 Å². The molecule has 1 aromatic heterocycles. The van der Waals surface area contributed by atoms with E-state index in [-0.39, 0.29) is 13.2 Å². The lowest BCUT2D eigenvalue weighted by atomic mass is 10.0. The molecule has 4 N–H and O–H groups in total. The Kier molecular flexibility index (Phi) is 6.29. The van der Waals surface area contributed by atoms with Crippen LogP contribution in [0.2, 0.25) is 0 Å². The van der Waals surface area contributed by atoms with E-state index in [9.17, 15) is 5.11 Å². The first-order valence-electron chi connectivity index (χ1n) is 10.1. The van der Waals surface area contributed by atoms with Crippen molar-refractivity contribution in [2.75, 3.05) is 31.6 Å². The van der Waals surface area contributed by atoms with Crippen LogP contribution in [0.25, 0.3) is 10.9 Å². The number of nitrogens with zero attached hydrogens (tertiary/aromatic N) is 2. The number of nitrogens with one attached hydrogen (secondary N) is 2. The number of aromatic nitrogens is 2. The molecule has 0 amide bonds. The Morgan fingerprint density at radius 2 is 2.21 bits per heavy atom. The van der Waals surface area contributed by atoms with Crippen LogP contribution in [0.3, 0.4) is 0 Å². The second kappa shape index (κ2) is 9.26. The maximum Gasteiger partial charge on any atom is 0.119 e. The van der Waals surface area contributed by atoms with Gasteiger partial charge in [0.15, 0.2) is 0 Å². The molecule has 7 heteroatoms. The molecule has 1 aliphatic rings. The number of fused-ring (bicyclic) bond motifs is 1. The summed E-state index contributed by atoms with van der Waals surface area (Å²) < 4.78 is 5.57. The van der Waals surface area contributed by atoms with Gasteiger partial charge in [-0.2, -0.15) is 5.10 Å². The van der Waals surface area contributed by atoms with Crippen molar-refractivity contribution in [2.24, 2.45) is 0 Å². The summed E-state index contributed by atoms with van der Waals surface area (Å²) in [5, 5.41) is 30.2. The van der Waals surface area contributed by atoms with Crippen molar-refractivity contribution in [1.29, 1.82) is 0 Å². The van der Waals surface area contributed by atoms with Crippen LogP contribution in [0.15, 0.2) is 48.7 Å². The van der Waals surface area contributed by atoms with Crippen molar-refractivity contribution in [3.8, 4) is 5.75 Å². The molecule has 0 radical (unpaired) electrons. The van der Waals surface area contributed by atoms with Gasteiger partial charge in [-0.25, -0.2) is 0 Å². The number of hydrogen-bond donors (Lipinski definition) is 4. The lowest BCUT2D eigenvalue weighted by molar-refractivity contribution is 0.0535. The largest absolute Gasteiger partial charge is 0.491 e. The summed E-state index contributed by atoms with van der Waals surface area (Å²) in [6.45, 7) is 2.72. The van der Waals surface area contributed by atoms with Crippen LogP contribution < -0.4 is 10.1 Å². The molecule has 0 saturated carbocycles. The predicted molar refractivity (Wildman–Crippen MR) is 113 cm³/mol. The first kappa shape index (κ1) is 19.7. The van der Waals surface area contributed by atoms with E-state index in [1.165, 1.54) is 5.56 Å². The molecular weight excluding hydrogens is 368 g/mol. The Morgan fingerprint density at radius 1 is 1.28 bits per heavy atom. The summed E-state index contributed by atoms with van der Waals surface area (Å²) in [5.41, 5.74) is 3.36. The number of aliphatic hydroxyl groups excluding tert-OH is 2. The van der Waals surface area contributed by atoms with Gasteiger partial charge in [-0.15, -0.1) is 0 Å². The summed E-state index contributed by atoms with van der Waals surface area (Å²) in [5.74, 6) is 0.718. The fraction of sp³-hybridized carbons (Fsp3) is 0.409. The Hall–Kier alpha value is -2.61. The van der Waals surface area contributed by atoms with Gasteiger partial charge in [0.25, 0.3) is 0 Å². The molecule has 0 spiro atoms. The number of benzene rings is 2. The maximum atomic E-state index is 9.45. The lowest BCUT2D eigenvalue weighted by Gasteiger charge is -2.33. The number of anilines is 1. The van der Waals surface area contributed by atoms with Crippen molar-refractivity contribution in [3.05, 3.63) is 54.2 Å². The number of likely N-dealkylation sites (tertiary alicyclic amines) is 1. The Morgan fingerprint density at radius 3 is 3.10 bits per heavy atom. The number of rotatable bonds is 8. The monoisotopic (exact) mass is 396 g/mol. The minimum Gasteiger partial charge on any atom is -0.491 e. The van der Waals surface area contributed by atoms with Gasteiger partial charge < -0.3 is 20.3 Å². The van der Waals surface area contributed by atoms with Crippen LogP contribution in [0.5, 0.6) is 5.75 Å². The Bertz CT molecular complexity index is 929. The van der Waals surface area contributed by atoms with Crippen molar-refractivity contribution in [2.45, 2.75) is 31.5 Å². The molecule has 2 aromatic carbocycles. The van der Waals surface area contributed by atoms with Crippen LogP contribution in [0, 0.1) is 0 Å². The zero-order valence-electron chi connectivity index (χ0n) is 16.4. The molecule has 0 unspecified atom stereocenters. The summed E-state index contributed by atoms with van der Waals surface area (Å²) in [4.78, 5) is 2.46. The minimum atomic E-state index is -0.853. The minimum absolute atomic E-state index is 0.0939. The fourth-order valence-corrected chi connectivity index (χ4v) is 3.82. The molecule has 2 heterocycles. The van der Waals surface area contributed by atoms with Gasteiger partial charge >= 0.3 is 0 Å². The third kappa shape index (κ3) is 5.26. The molecule has 1 saturated heterocycles. The fourth-order valence-electron chi connectivity index (χ4n) is 3.82. The smallest absolute Gasteiger partial charge is 0.119 e. The van der Waals surface area contributed by atoms with Gasteiger partial charge in [-0.1, -0.05) is 12.1 Å². The maximum absolute atomic E-state index is 9.45. The van der Waals surface area contributed by atoms with E-state index in [1.54, 1.807) is 0 Å². The van der Waals surface area contributed by atoms with Crippen LogP contribution in [0.1, 0.15) is 18.4 Å². The zero-order chi connectivity index (χ0) is 20.1. The topological polar surface area (TPSA) is 93.6 Å². The highest BCUT2D eigenvalue weighted by Crippen LogP contribution is 2.22. The molecular formula is C22H28N4O3. The molecule has 0 aliphatic carbocycles. The second-order valence-electron chi connectivity index (χ2n) is 7.69. The van der Waals surface area contributed by atoms with Gasteiger partial charge in [0.2, 0.25) is 0 Å². The number of hydrogen-bond acceptors (Lipinski definition) is 6. The highest BCUT2D eigenvalue weighted by molar-refractivity contribution is 5.81. The van der Waals surface area contributed by atoms with E-state index in [0.717, 1.165) is 54.8 Å². The van der Waals surface area contributed by atoms with E-state index in [0.29, 0.717) is 6.04 Å². The SMILES string of the molecule is OC[C@@H](O)COc1cccc(CN2CCC[C@H](Nc3ccc4[nH]ncc4c3)C2)c1. The average Bonchev–Trinajstić information content (AvgIpc) is 3.20. The average molecular weight is 396 g/mol. The lowest BCUT2D eigenvalue weighted by Crippen LogP contribution is -2.41. The molecule has 1 aliphatic heterocycles. The second-order valence-corrected chi connectivity index (χ2v) is 7.69. The Balaban J connectivity index is 1.33. The number of aromatic amines is 1. The van der Waals surface area contributed by atoms with Crippen molar-refractivity contribution < 1.29 is 14.9 Å². The van der Waals surface area contributed by atoms with E-state index in [2.05, 4.69) is 44.7 Å². The zero-order valence-corrected chi connectivity index (χ0v) is 16.4. The number of H-pyrrole nitrogens is 1. The standard InChI is InChI=1S/C22H28N4O3/c27-14-20(28)15-29-21-5-1-3-16(9-21)12-26-8-2-4-19(13-26)24-18-6-7-22-17(10-18)11-23-25-22/h1,3,5-7,9-11,19-20,24,27-28H,2,4,8,12-15H2,(H,23,25)/t19-,20+/m0/s1. The van der Waals surface area contributed by atoms with E-state index < -0.39 is 6.10 Å². The highest BCUT2D eigenvalue weighted by Gasteiger charge is 2.20. The van der Waals surface area contributed by atoms with Crippen LogP contribution in [0.4, 0.5) is 5.69 Å². The van der Waals surface area contributed by atoms with Gasteiger partial charge in [0, 0.05) is 30.2 Å². The highest BCUT2D eigenvalue weighted by atomic mass is 16.5. The first-order chi connectivity index (χ1) is 14.2. The van der Waals surface area contributed by atoms with Crippen LogP contribution in [-0.4, -0.2) is 63.8 Å². The summed E-state index contributed by atoms with van der Waals surface area (Å²) in [7, 11) is 0. The molecule has 0 bridgehead atoms. The molecule has 7 nitrogen and oxygen atoms in total. The van der Waals surface area contributed by atoms with Crippen molar-refractivity contribution in [3.63, 3.8) is 0 Å². The van der Waals surface area contributed by atoms with Gasteiger partial charge in [-0.3, -0.25) is 10.00 Å². The molecule has 1 fully saturated rings. The number of piperidine rings is 1. The number of ether oxygens (including phenoxy) is 1. The summed E-state index contributed by atoms with van der Waals surface area (Å²) in [6.07, 6.45) is 3.31. The summed E-state index contributed by atoms with van der Waals surface area (Å²) >= 11 is 0. The molecule has 4 rings (SSSR count). The van der Waals surface area contributed by atoms with Gasteiger partial charge in [0.1, 0.15) is 18.5 Å². The van der Waals surface area contributed by atoms with Crippen LogP contribution in [-0.2, 0) is 6.54 Å². The third-order valence-electron chi connectivity index (χ3n) is 5.27. The van der Waals surface area contributed by atoms with Crippen molar-refractivity contribution in [1.82, 2.24) is 15.1 Å². The quantitative estimate of drug-likeness (QED) is 0.467. The summed E-state index contributed by atoms with van der Waals surface area (Å²) in [6, 6.07) is 14.7. The Labute approximate surface area is 170 Å². The first-order valence-corrected chi connectivity index (χ1v) is 10.1. The molecule has 3 aromatic rings.